The van der Waals surface area contributed by atoms with E-state index in [0.717, 1.165) is 0 Å². The molecule has 0 aliphatic rings. The number of nitrogens with two attached hydrogens (primary N) is 1. The number of hydrogen-bond donors (Lipinski definition) is 1. The molecule has 0 atom stereocenters. The molecule has 0 fully saturated rings. The molecule has 0 bridgehead atoms. The quantitative estimate of drug-likeness (QED) is 0.528. The monoisotopic (exact) mass is 282 g/mol. The van der Waals surface area contributed by atoms with Crippen LogP contribution in [-0.4, -0.2) is 4.92 Å². The molecule has 0 saturated carbocycles. The molecular weight excluding hydrogens is 275 g/mol. The number of ether oxygens (including phenoxy) is 1. The highest BCUT2D eigenvalue weighted by atomic mass is 35.5. The lowest BCUT2D eigenvalue weighted by atomic mass is 10.2. The van der Waals surface area contributed by atoms with Crippen molar-refractivity contribution in [2.75, 3.05) is 5.73 Å². The minimum Gasteiger partial charge on any atom is -0.447 e. The first-order chi connectivity index (χ1) is 9.00. The molecule has 0 spiro atoms. The fourth-order valence-electron chi connectivity index (χ4n) is 1.50. The van der Waals surface area contributed by atoms with E-state index >= 15 is 0 Å². The summed E-state index contributed by atoms with van der Waals surface area (Å²) in [7, 11) is 0. The van der Waals surface area contributed by atoms with Gasteiger partial charge < -0.3 is 10.5 Å². The number of hydrogen-bond acceptors (Lipinski definition) is 4. The summed E-state index contributed by atoms with van der Waals surface area (Å²) in [6.07, 6.45) is 0. The molecule has 0 aliphatic carbocycles. The van der Waals surface area contributed by atoms with Crippen LogP contribution in [0.5, 0.6) is 11.5 Å². The van der Waals surface area contributed by atoms with Crippen molar-refractivity contribution in [3.63, 3.8) is 0 Å². The van der Waals surface area contributed by atoms with E-state index in [1.807, 2.05) is 0 Å². The van der Waals surface area contributed by atoms with Crippen LogP contribution >= 0.6 is 11.6 Å². The van der Waals surface area contributed by atoms with Crippen LogP contribution in [0.1, 0.15) is 0 Å². The van der Waals surface area contributed by atoms with E-state index in [9.17, 15) is 14.5 Å². The number of nitro groups is 1. The summed E-state index contributed by atoms with van der Waals surface area (Å²) in [6, 6.07) is 8.29. The van der Waals surface area contributed by atoms with Gasteiger partial charge in [-0.25, -0.2) is 4.39 Å². The van der Waals surface area contributed by atoms with E-state index in [0.29, 0.717) is 0 Å². The van der Waals surface area contributed by atoms with Crippen molar-refractivity contribution in [1.29, 1.82) is 0 Å². The predicted molar refractivity (Wildman–Crippen MR) is 69.0 cm³/mol. The minimum absolute atomic E-state index is 0.0649. The Kier molecular flexibility index (Phi) is 3.52. The zero-order valence-electron chi connectivity index (χ0n) is 9.47. The highest BCUT2D eigenvalue weighted by molar-refractivity contribution is 6.30. The second kappa shape index (κ2) is 5.11. The van der Waals surface area contributed by atoms with E-state index in [1.54, 1.807) is 0 Å². The summed E-state index contributed by atoms with van der Waals surface area (Å²) < 4.78 is 18.8. The molecular formula is C12H8ClFN2O3. The molecule has 0 aliphatic heterocycles. The number of nitrogen functional groups attached to an aromatic ring is 1. The lowest BCUT2D eigenvalue weighted by Crippen LogP contribution is -1.99. The van der Waals surface area contributed by atoms with Gasteiger partial charge in [0.15, 0.2) is 11.6 Å². The molecule has 2 aromatic carbocycles. The number of nitro benzene ring substituents is 1. The highest BCUT2D eigenvalue weighted by Gasteiger charge is 2.21. The van der Waals surface area contributed by atoms with E-state index in [-0.39, 0.29) is 22.2 Å². The summed E-state index contributed by atoms with van der Waals surface area (Å²) >= 11 is 5.60. The number of para-hydroxylation sites is 1. The SMILES string of the molecule is Nc1cccc(Oc2cccc(Cl)c2F)c1[N+](=O)[O-]. The molecule has 0 unspecified atom stereocenters. The Balaban J connectivity index is 2.47. The van der Waals surface area contributed by atoms with Crippen molar-refractivity contribution in [1.82, 2.24) is 0 Å². The second-order valence-electron chi connectivity index (χ2n) is 3.61. The summed E-state index contributed by atoms with van der Waals surface area (Å²) in [6.45, 7) is 0. The van der Waals surface area contributed by atoms with E-state index < -0.39 is 16.4 Å². The Morgan fingerprint density at radius 1 is 1.21 bits per heavy atom. The Labute approximate surface area is 112 Å². The van der Waals surface area contributed by atoms with Crippen LogP contribution in [0.3, 0.4) is 0 Å². The Morgan fingerprint density at radius 2 is 1.84 bits per heavy atom. The van der Waals surface area contributed by atoms with Gasteiger partial charge in [-0.15, -0.1) is 0 Å². The number of anilines is 1. The van der Waals surface area contributed by atoms with Crippen LogP contribution < -0.4 is 10.5 Å². The van der Waals surface area contributed by atoms with Crippen molar-refractivity contribution < 1.29 is 14.1 Å². The average molecular weight is 283 g/mol. The van der Waals surface area contributed by atoms with Crippen molar-refractivity contribution >= 4 is 23.0 Å². The topological polar surface area (TPSA) is 78.4 Å². The standard InChI is InChI=1S/C12H8ClFN2O3/c13-7-3-1-5-9(11(7)14)19-10-6-2-4-8(15)12(10)16(17)18/h1-6H,15H2. The molecule has 2 aromatic rings. The van der Waals surface area contributed by atoms with Crippen LogP contribution in [0, 0.1) is 15.9 Å². The van der Waals surface area contributed by atoms with Gasteiger partial charge in [-0.05, 0) is 24.3 Å². The van der Waals surface area contributed by atoms with Crippen LogP contribution in [0.2, 0.25) is 5.02 Å². The van der Waals surface area contributed by atoms with E-state index in [1.165, 1.54) is 36.4 Å². The van der Waals surface area contributed by atoms with Crippen LogP contribution in [0.25, 0.3) is 0 Å². The Morgan fingerprint density at radius 3 is 2.53 bits per heavy atom. The van der Waals surface area contributed by atoms with Gasteiger partial charge in [-0.3, -0.25) is 10.1 Å². The van der Waals surface area contributed by atoms with E-state index in [2.05, 4.69) is 0 Å². The highest BCUT2D eigenvalue weighted by Crippen LogP contribution is 2.37. The number of nitrogens with zero attached hydrogens (tertiary/aromatic N) is 1. The molecule has 19 heavy (non-hydrogen) atoms. The maximum absolute atomic E-state index is 13.7. The smallest absolute Gasteiger partial charge is 0.334 e. The van der Waals surface area contributed by atoms with Crippen molar-refractivity contribution in [3.05, 3.63) is 57.4 Å². The second-order valence-corrected chi connectivity index (χ2v) is 4.01. The van der Waals surface area contributed by atoms with Gasteiger partial charge in [-0.1, -0.05) is 23.7 Å². The zero-order valence-corrected chi connectivity index (χ0v) is 10.2. The van der Waals surface area contributed by atoms with Gasteiger partial charge in [0.05, 0.1) is 9.95 Å². The maximum atomic E-state index is 13.7. The molecule has 2 N–H and O–H groups in total. The molecule has 5 nitrogen and oxygen atoms in total. The van der Waals surface area contributed by atoms with Crippen LogP contribution in [-0.2, 0) is 0 Å². The molecule has 0 aromatic heterocycles. The first-order valence-electron chi connectivity index (χ1n) is 5.15. The lowest BCUT2D eigenvalue weighted by Gasteiger charge is -2.08. The van der Waals surface area contributed by atoms with Crippen LogP contribution in [0.15, 0.2) is 36.4 Å². The fraction of sp³-hybridized carbons (Fsp3) is 0. The maximum Gasteiger partial charge on any atom is 0.334 e. The van der Waals surface area contributed by atoms with Gasteiger partial charge in [0.25, 0.3) is 0 Å². The molecule has 0 saturated heterocycles. The van der Waals surface area contributed by atoms with Gasteiger partial charge in [0, 0.05) is 0 Å². The van der Waals surface area contributed by atoms with Gasteiger partial charge in [-0.2, -0.15) is 0 Å². The van der Waals surface area contributed by atoms with Gasteiger partial charge in [0.1, 0.15) is 5.69 Å². The first kappa shape index (κ1) is 13.1. The Bertz CT molecular complexity index is 649. The predicted octanol–water partition coefficient (Wildman–Crippen LogP) is 3.76. The zero-order chi connectivity index (χ0) is 14.0. The molecule has 0 heterocycles. The number of rotatable bonds is 3. The summed E-state index contributed by atoms with van der Waals surface area (Å²) in [5.41, 5.74) is 5.02. The molecule has 7 heteroatoms. The minimum atomic E-state index is -0.791. The molecule has 2 rings (SSSR count). The van der Waals surface area contributed by atoms with Gasteiger partial charge >= 0.3 is 5.69 Å². The summed E-state index contributed by atoms with van der Waals surface area (Å²) in [4.78, 5) is 10.2. The third kappa shape index (κ3) is 2.58. The number of halogens is 2. The normalized spacial score (nSPS) is 10.2. The Hall–Kier alpha value is -2.34. The number of benzene rings is 2. The van der Waals surface area contributed by atoms with Crippen molar-refractivity contribution in [3.8, 4) is 11.5 Å². The molecule has 0 radical (unpaired) electrons. The fourth-order valence-corrected chi connectivity index (χ4v) is 1.66. The molecule has 0 amide bonds. The summed E-state index contributed by atoms with van der Waals surface area (Å²) in [5.74, 6) is -1.15. The summed E-state index contributed by atoms with van der Waals surface area (Å²) in [5, 5.41) is 10.8. The van der Waals surface area contributed by atoms with Crippen LogP contribution in [0.4, 0.5) is 15.8 Å². The average Bonchev–Trinajstić information content (AvgIpc) is 2.34. The largest absolute Gasteiger partial charge is 0.447 e. The molecule has 98 valence electrons. The van der Waals surface area contributed by atoms with E-state index in [4.69, 9.17) is 22.1 Å². The van der Waals surface area contributed by atoms with Crippen molar-refractivity contribution in [2.24, 2.45) is 0 Å². The third-order valence-electron chi connectivity index (χ3n) is 2.35. The van der Waals surface area contributed by atoms with Gasteiger partial charge in [0.2, 0.25) is 5.75 Å². The third-order valence-corrected chi connectivity index (χ3v) is 2.64. The lowest BCUT2D eigenvalue weighted by molar-refractivity contribution is -0.384. The first-order valence-corrected chi connectivity index (χ1v) is 5.53. The van der Waals surface area contributed by atoms with Crippen molar-refractivity contribution in [2.45, 2.75) is 0 Å².